The van der Waals surface area contributed by atoms with Gasteiger partial charge < -0.3 is 0 Å². The molecule has 0 unspecified atom stereocenters. The van der Waals surface area contributed by atoms with Gasteiger partial charge in [-0.05, 0) is 124 Å². The summed E-state index contributed by atoms with van der Waals surface area (Å²) < 4.78 is 31.4. The quantitative estimate of drug-likeness (QED) is 0.299. The third-order valence-electron chi connectivity index (χ3n) is 14.3. The van der Waals surface area contributed by atoms with Gasteiger partial charge in [-0.3, -0.25) is 19.2 Å². The first-order chi connectivity index (χ1) is 19.9. The number of rotatable bonds is 0. The molecule has 0 heterocycles. The van der Waals surface area contributed by atoms with E-state index >= 15 is 8.78 Å². The van der Waals surface area contributed by atoms with E-state index in [-0.39, 0.29) is 46.1 Å². The normalized spacial score (nSPS) is 50.8. The molecule has 6 heteroatoms. The minimum absolute atomic E-state index is 0.0403. The Labute approximate surface area is 248 Å². The van der Waals surface area contributed by atoms with Crippen LogP contribution in [0.5, 0.6) is 0 Å². The van der Waals surface area contributed by atoms with Crippen molar-refractivity contribution < 1.29 is 28.0 Å². The summed E-state index contributed by atoms with van der Waals surface area (Å²) in [7, 11) is 0. The number of allylic oxidation sites excluding steroid dienone is 4. The van der Waals surface area contributed by atoms with Crippen LogP contribution in [0.25, 0.3) is 0 Å². The Morgan fingerprint density at radius 3 is 1.95 bits per heavy atom. The molecule has 0 spiro atoms. The number of alkyl halides is 2. The zero-order valence-electron chi connectivity index (χ0n) is 25.3. The molecular formula is C36H46F2O4. The highest BCUT2D eigenvalue weighted by atomic mass is 19.1. The summed E-state index contributed by atoms with van der Waals surface area (Å²) in [4.78, 5) is 47.7. The van der Waals surface area contributed by atoms with Crippen LogP contribution in [0.1, 0.15) is 110 Å². The van der Waals surface area contributed by atoms with Crippen LogP contribution in [0.4, 0.5) is 8.78 Å². The number of carbonyl (C=O) groups excluding carboxylic acids is 4. The first-order valence-corrected chi connectivity index (χ1v) is 16.8. The zero-order chi connectivity index (χ0) is 29.7. The Hall–Kier alpha value is -1.98. The van der Waals surface area contributed by atoms with Crippen molar-refractivity contribution in [3.8, 4) is 0 Å². The van der Waals surface area contributed by atoms with Gasteiger partial charge in [0, 0.05) is 48.3 Å². The van der Waals surface area contributed by atoms with E-state index in [1.807, 2.05) is 0 Å². The summed E-state index contributed by atoms with van der Waals surface area (Å²) in [5.74, 6) is 2.38. The Balaban J connectivity index is 0.000000137. The molecule has 8 aliphatic rings. The zero-order valence-corrected chi connectivity index (χ0v) is 25.3. The number of Topliss-reactive ketones (excluding diaryl/α,β-unsaturated/α-hetero) is 3. The molecule has 7 saturated carbocycles. The number of fused-ring (bicyclic) bond motifs is 10. The molecule has 42 heavy (non-hydrogen) atoms. The third kappa shape index (κ3) is 4.01. The SMILES string of the molecule is C[C@]12CC[C@H]3[C@@H](CCC4=CC(=O)C=C[C@@]43F)[C@@H]1CCC2=O.C[C@]12CC[C@H]3[C@@H](CC[C@@H]4CC(=O)CC[C@@]43F)[C@@H]1CCC2=O. The maximum atomic E-state index is 15.8. The molecule has 0 aromatic carbocycles. The number of halogens is 2. The van der Waals surface area contributed by atoms with E-state index in [2.05, 4.69) is 13.8 Å². The van der Waals surface area contributed by atoms with Crippen LogP contribution in [-0.2, 0) is 19.2 Å². The molecule has 8 aliphatic carbocycles. The fourth-order valence-electron chi connectivity index (χ4n) is 11.9. The van der Waals surface area contributed by atoms with Crippen molar-refractivity contribution >= 4 is 23.1 Å². The summed E-state index contributed by atoms with van der Waals surface area (Å²) >= 11 is 0. The molecule has 11 atom stereocenters. The van der Waals surface area contributed by atoms with Gasteiger partial charge in [0.25, 0.3) is 0 Å². The molecule has 7 fully saturated rings. The summed E-state index contributed by atoms with van der Waals surface area (Å²) in [6, 6.07) is 0. The minimum atomic E-state index is -1.44. The molecule has 4 nitrogen and oxygen atoms in total. The second kappa shape index (κ2) is 9.76. The van der Waals surface area contributed by atoms with Gasteiger partial charge in [-0.15, -0.1) is 0 Å². The van der Waals surface area contributed by atoms with Crippen molar-refractivity contribution in [2.45, 2.75) is 121 Å². The maximum Gasteiger partial charge on any atom is 0.178 e. The Bertz CT molecular complexity index is 1280. The Morgan fingerprint density at radius 1 is 0.667 bits per heavy atom. The van der Waals surface area contributed by atoms with Crippen molar-refractivity contribution in [1.82, 2.24) is 0 Å². The lowest BCUT2D eigenvalue weighted by Gasteiger charge is -2.56. The van der Waals surface area contributed by atoms with E-state index in [4.69, 9.17) is 0 Å². The molecule has 0 amide bonds. The first kappa shape index (κ1) is 28.8. The molecule has 0 aliphatic heterocycles. The smallest absolute Gasteiger partial charge is 0.178 e. The van der Waals surface area contributed by atoms with Crippen molar-refractivity contribution in [2.75, 3.05) is 0 Å². The average Bonchev–Trinajstić information content (AvgIpc) is 3.44. The molecule has 0 aromatic rings. The minimum Gasteiger partial charge on any atom is -0.300 e. The largest absolute Gasteiger partial charge is 0.300 e. The highest BCUT2D eigenvalue weighted by Gasteiger charge is 2.63. The number of hydrogen-bond acceptors (Lipinski definition) is 4. The molecule has 0 N–H and O–H groups in total. The third-order valence-corrected chi connectivity index (χ3v) is 14.3. The number of carbonyl (C=O) groups is 4. The molecule has 8 rings (SSSR count). The van der Waals surface area contributed by atoms with Gasteiger partial charge in [-0.2, -0.15) is 0 Å². The molecule has 228 valence electrons. The lowest BCUT2D eigenvalue weighted by molar-refractivity contribution is -0.151. The predicted octanol–water partition coefficient (Wildman–Crippen LogP) is 7.43. The van der Waals surface area contributed by atoms with Gasteiger partial charge in [0.1, 0.15) is 23.0 Å². The van der Waals surface area contributed by atoms with Crippen LogP contribution in [0, 0.1) is 52.3 Å². The molecule has 0 aromatic heterocycles. The summed E-state index contributed by atoms with van der Waals surface area (Å²) in [6.07, 6.45) is 15.7. The van der Waals surface area contributed by atoms with Gasteiger partial charge >= 0.3 is 0 Å². The maximum absolute atomic E-state index is 15.8. The topological polar surface area (TPSA) is 68.3 Å². The van der Waals surface area contributed by atoms with Crippen molar-refractivity contribution in [1.29, 1.82) is 0 Å². The monoisotopic (exact) mass is 580 g/mol. The van der Waals surface area contributed by atoms with E-state index in [0.717, 1.165) is 57.8 Å². The van der Waals surface area contributed by atoms with Crippen LogP contribution < -0.4 is 0 Å². The summed E-state index contributed by atoms with van der Waals surface area (Å²) in [5, 5.41) is 0. The van der Waals surface area contributed by atoms with E-state index in [0.29, 0.717) is 73.4 Å². The lowest BCUT2D eigenvalue weighted by Crippen LogP contribution is -2.56. The fraction of sp³-hybridized carbons (Fsp3) is 0.778. The lowest BCUT2D eigenvalue weighted by atomic mass is 9.49. The first-order valence-electron chi connectivity index (χ1n) is 16.8. The molecule has 0 saturated heterocycles. The summed E-state index contributed by atoms with van der Waals surface area (Å²) in [6.45, 7) is 4.23. The van der Waals surface area contributed by atoms with Crippen LogP contribution >= 0.6 is 0 Å². The van der Waals surface area contributed by atoms with Crippen molar-refractivity contribution in [2.24, 2.45) is 52.3 Å². The van der Waals surface area contributed by atoms with Gasteiger partial charge in [-0.1, -0.05) is 13.8 Å². The van der Waals surface area contributed by atoms with E-state index in [1.54, 1.807) is 0 Å². The Kier molecular flexibility index (Phi) is 6.69. The fourth-order valence-corrected chi connectivity index (χ4v) is 11.9. The second-order valence-electron chi connectivity index (χ2n) is 15.7. The van der Waals surface area contributed by atoms with Crippen LogP contribution in [0.15, 0.2) is 23.8 Å². The van der Waals surface area contributed by atoms with Crippen LogP contribution in [-0.4, -0.2) is 34.5 Å². The van der Waals surface area contributed by atoms with E-state index < -0.39 is 11.3 Å². The number of hydrogen-bond donors (Lipinski definition) is 0. The van der Waals surface area contributed by atoms with Crippen molar-refractivity contribution in [3.63, 3.8) is 0 Å². The van der Waals surface area contributed by atoms with E-state index in [9.17, 15) is 19.2 Å². The van der Waals surface area contributed by atoms with Crippen LogP contribution in [0.3, 0.4) is 0 Å². The van der Waals surface area contributed by atoms with E-state index in [1.165, 1.54) is 18.2 Å². The molecule has 0 bridgehead atoms. The average molecular weight is 581 g/mol. The van der Waals surface area contributed by atoms with Crippen LogP contribution in [0.2, 0.25) is 0 Å². The van der Waals surface area contributed by atoms with Gasteiger partial charge in [0.2, 0.25) is 0 Å². The number of ketones is 4. The Morgan fingerprint density at radius 2 is 1.29 bits per heavy atom. The standard InChI is InChI=1S/C18H25FO2.C18H21FO2/c2*1-17-8-7-15-13(14(17)4-5-16(17)21)3-2-11-10-12(20)6-9-18(11,15)19/h11,13-15H,2-10H2,1H3;6,9-10,13-15H,2-5,7-8H2,1H3/t11-,13+,14+,15+,17+,18-;13-,14-,15-,17-,18+/m10/s1. The van der Waals surface area contributed by atoms with Crippen molar-refractivity contribution in [3.05, 3.63) is 23.8 Å². The highest BCUT2D eigenvalue weighted by molar-refractivity contribution is 6.01. The summed E-state index contributed by atoms with van der Waals surface area (Å²) in [5.41, 5.74) is -2.28. The second-order valence-corrected chi connectivity index (χ2v) is 15.7. The predicted molar refractivity (Wildman–Crippen MR) is 155 cm³/mol. The molecule has 0 radical (unpaired) electrons. The van der Waals surface area contributed by atoms with Gasteiger partial charge in [0.15, 0.2) is 11.5 Å². The molecular weight excluding hydrogens is 534 g/mol. The van der Waals surface area contributed by atoms with Gasteiger partial charge in [-0.25, -0.2) is 8.78 Å². The highest BCUT2D eigenvalue weighted by Crippen LogP contribution is 2.64. The van der Waals surface area contributed by atoms with Gasteiger partial charge in [0.05, 0.1) is 0 Å².